The number of amides is 1. The third kappa shape index (κ3) is 4.30. The average molecular weight is 275 g/mol. The van der Waals surface area contributed by atoms with Gasteiger partial charge in [0.2, 0.25) is 5.91 Å². The van der Waals surface area contributed by atoms with Gasteiger partial charge in [-0.2, -0.15) is 0 Å². The molecule has 2 rings (SSSR count). The van der Waals surface area contributed by atoms with E-state index in [1.807, 2.05) is 24.5 Å². The van der Waals surface area contributed by atoms with Gasteiger partial charge in [-0.05, 0) is 43.0 Å². The number of pyridine rings is 1. The summed E-state index contributed by atoms with van der Waals surface area (Å²) in [5.41, 5.74) is 1.25. The maximum absolute atomic E-state index is 11.9. The van der Waals surface area contributed by atoms with Crippen LogP contribution in [0.2, 0.25) is 0 Å². The van der Waals surface area contributed by atoms with E-state index in [4.69, 9.17) is 0 Å². The molecule has 110 valence electrons. The Bertz CT molecular complexity index is 419. The van der Waals surface area contributed by atoms with Crippen molar-refractivity contribution in [1.29, 1.82) is 0 Å². The van der Waals surface area contributed by atoms with Gasteiger partial charge in [-0.15, -0.1) is 0 Å². The first kappa shape index (κ1) is 15.0. The molecule has 2 heterocycles. The SMILES string of the molecule is CC(C)CN1C(=O)CCC1CCNCc1ccncc1. The smallest absolute Gasteiger partial charge is 0.222 e. The fourth-order valence-electron chi connectivity index (χ4n) is 2.74. The van der Waals surface area contributed by atoms with Gasteiger partial charge in [0.15, 0.2) is 0 Å². The Morgan fingerprint density at radius 1 is 1.40 bits per heavy atom. The van der Waals surface area contributed by atoms with Gasteiger partial charge in [0.25, 0.3) is 0 Å². The lowest BCUT2D eigenvalue weighted by molar-refractivity contribution is -0.129. The second-order valence-corrected chi connectivity index (χ2v) is 5.95. The lowest BCUT2D eigenvalue weighted by Gasteiger charge is -2.26. The first-order valence-electron chi connectivity index (χ1n) is 7.56. The normalized spacial score (nSPS) is 19.1. The highest BCUT2D eigenvalue weighted by atomic mass is 16.2. The van der Waals surface area contributed by atoms with Crippen LogP contribution in [0, 0.1) is 5.92 Å². The van der Waals surface area contributed by atoms with Crippen LogP contribution in [0.15, 0.2) is 24.5 Å². The van der Waals surface area contributed by atoms with E-state index in [9.17, 15) is 4.79 Å². The van der Waals surface area contributed by atoms with Gasteiger partial charge in [-0.25, -0.2) is 0 Å². The fourth-order valence-corrected chi connectivity index (χ4v) is 2.74. The van der Waals surface area contributed by atoms with Crippen molar-refractivity contribution < 1.29 is 4.79 Å². The summed E-state index contributed by atoms with van der Waals surface area (Å²) in [7, 11) is 0. The van der Waals surface area contributed by atoms with Crippen molar-refractivity contribution >= 4 is 5.91 Å². The van der Waals surface area contributed by atoms with Gasteiger partial charge in [-0.3, -0.25) is 9.78 Å². The zero-order valence-corrected chi connectivity index (χ0v) is 12.5. The molecule has 0 radical (unpaired) electrons. The second kappa shape index (κ2) is 7.39. The molecule has 0 saturated carbocycles. The van der Waals surface area contributed by atoms with E-state index < -0.39 is 0 Å². The van der Waals surface area contributed by atoms with E-state index in [1.54, 1.807) is 0 Å². The van der Waals surface area contributed by atoms with Gasteiger partial charge in [0, 0.05) is 37.9 Å². The Balaban J connectivity index is 1.72. The van der Waals surface area contributed by atoms with E-state index >= 15 is 0 Å². The van der Waals surface area contributed by atoms with Gasteiger partial charge >= 0.3 is 0 Å². The number of hydrogen-bond acceptors (Lipinski definition) is 3. The molecule has 0 aromatic carbocycles. The molecule has 4 nitrogen and oxygen atoms in total. The first-order valence-corrected chi connectivity index (χ1v) is 7.56. The first-order chi connectivity index (χ1) is 9.66. The van der Waals surface area contributed by atoms with Crippen molar-refractivity contribution in [2.45, 2.75) is 45.7 Å². The predicted molar refractivity (Wildman–Crippen MR) is 80.1 cm³/mol. The Morgan fingerprint density at radius 3 is 2.85 bits per heavy atom. The Morgan fingerprint density at radius 2 is 2.15 bits per heavy atom. The summed E-state index contributed by atoms with van der Waals surface area (Å²) in [5, 5.41) is 3.45. The lowest BCUT2D eigenvalue weighted by Crippen LogP contribution is -2.37. The molecule has 1 aromatic heterocycles. The number of likely N-dealkylation sites (tertiary alicyclic amines) is 1. The van der Waals surface area contributed by atoms with Crippen LogP contribution >= 0.6 is 0 Å². The van der Waals surface area contributed by atoms with Crippen molar-refractivity contribution in [3.05, 3.63) is 30.1 Å². The molecular weight excluding hydrogens is 250 g/mol. The van der Waals surface area contributed by atoms with Gasteiger partial charge < -0.3 is 10.2 Å². The summed E-state index contributed by atoms with van der Waals surface area (Å²) in [5.74, 6) is 0.877. The molecule has 1 amide bonds. The van der Waals surface area contributed by atoms with Crippen LogP contribution in [0.4, 0.5) is 0 Å². The number of carbonyl (C=O) groups is 1. The van der Waals surface area contributed by atoms with Crippen LogP contribution in [0.3, 0.4) is 0 Å². The van der Waals surface area contributed by atoms with Crippen molar-refractivity contribution in [2.75, 3.05) is 13.1 Å². The molecule has 1 aromatic rings. The summed E-state index contributed by atoms with van der Waals surface area (Å²) in [6.07, 6.45) is 6.42. The molecule has 20 heavy (non-hydrogen) atoms. The molecule has 1 atom stereocenters. The monoisotopic (exact) mass is 275 g/mol. The molecule has 0 spiro atoms. The number of hydrogen-bond donors (Lipinski definition) is 1. The number of aromatic nitrogens is 1. The van der Waals surface area contributed by atoms with Gasteiger partial charge in [-0.1, -0.05) is 13.8 Å². The van der Waals surface area contributed by atoms with E-state index in [1.165, 1.54) is 5.56 Å². The van der Waals surface area contributed by atoms with E-state index in [0.717, 1.165) is 38.9 Å². The number of nitrogens with one attached hydrogen (secondary N) is 1. The molecule has 1 N–H and O–H groups in total. The molecule has 1 unspecified atom stereocenters. The van der Waals surface area contributed by atoms with Crippen molar-refractivity contribution in [2.24, 2.45) is 5.92 Å². The minimum atomic E-state index is 0.331. The Labute approximate surface area is 121 Å². The maximum atomic E-state index is 11.9. The van der Waals surface area contributed by atoms with Crippen LogP contribution in [0.25, 0.3) is 0 Å². The highest BCUT2D eigenvalue weighted by Crippen LogP contribution is 2.22. The molecular formula is C16H25N3O. The molecule has 0 aliphatic carbocycles. The summed E-state index contributed by atoms with van der Waals surface area (Å²) in [4.78, 5) is 18.0. The molecule has 1 saturated heterocycles. The topological polar surface area (TPSA) is 45.2 Å². The standard InChI is InChI=1S/C16H25N3O/c1-13(2)12-19-15(3-4-16(19)20)7-10-18-11-14-5-8-17-9-6-14/h5-6,8-9,13,15,18H,3-4,7,10-12H2,1-2H3. The fraction of sp³-hybridized carbons (Fsp3) is 0.625. The van der Waals surface area contributed by atoms with E-state index in [-0.39, 0.29) is 0 Å². The molecule has 1 fully saturated rings. The molecule has 1 aliphatic heterocycles. The second-order valence-electron chi connectivity index (χ2n) is 5.95. The van der Waals surface area contributed by atoms with Crippen LogP contribution in [-0.4, -0.2) is 34.9 Å². The Kier molecular flexibility index (Phi) is 5.53. The minimum Gasteiger partial charge on any atom is -0.339 e. The van der Waals surface area contributed by atoms with Crippen molar-refractivity contribution in [3.8, 4) is 0 Å². The van der Waals surface area contributed by atoms with Gasteiger partial charge in [0.1, 0.15) is 0 Å². The highest BCUT2D eigenvalue weighted by molar-refractivity contribution is 5.78. The van der Waals surface area contributed by atoms with Crippen molar-refractivity contribution in [1.82, 2.24) is 15.2 Å². The van der Waals surface area contributed by atoms with Crippen LogP contribution in [0.1, 0.15) is 38.7 Å². The summed E-state index contributed by atoms with van der Waals surface area (Å²) in [6.45, 7) is 7.06. The van der Waals surface area contributed by atoms with Crippen molar-refractivity contribution in [3.63, 3.8) is 0 Å². The van der Waals surface area contributed by atoms with E-state index in [2.05, 4.69) is 29.0 Å². The van der Waals surface area contributed by atoms with Gasteiger partial charge in [0.05, 0.1) is 0 Å². The molecule has 0 bridgehead atoms. The number of rotatable bonds is 7. The highest BCUT2D eigenvalue weighted by Gasteiger charge is 2.30. The van der Waals surface area contributed by atoms with E-state index in [0.29, 0.717) is 17.9 Å². The average Bonchev–Trinajstić information content (AvgIpc) is 2.77. The Hall–Kier alpha value is -1.42. The third-order valence-corrected chi connectivity index (χ3v) is 3.75. The van der Waals surface area contributed by atoms with Crippen LogP contribution in [0.5, 0.6) is 0 Å². The quantitative estimate of drug-likeness (QED) is 0.776. The minimum absolute atomic E-state index is 0.331. The summed E-state index contributed by atoms with van der Waals surface area (Å²) < 4.78 is 0. The maximum Gasteiger partial charge on any atom is 0.222 e. The zero-order chi connectivity index (χ0) is 14.4. The zero-order valence-electron chi connectivity index (χ0n) is 12.5. The lowest BCUT2D eigenvalue weighted by atomic mass is 10.1. The third-order valence-electron chi connectivity index (χ3n) is 3.75. The largest absolute Gasteiger partial charge is 0.339 e. The number of nitrogens with zero attached hydrogens (tertiary/aromatic N) is 2. The summed E-state index contributed by atoms with van der Waals surface area (Å²) in [6, 6.07) is 4.48. The van der Waals surface area contributed by atoms with Crippen LogP contribution < -0.4 is 5.32 Å². The van der Waals surface area contributed by atoms with Crippen LogP contribution in [-0.2, 0) is 11.3 Å². The molecule has 4 heteroatoms. The predicted octanol–water partition coefficient (Wildman–Crippen LogP) is 2.21. The number of carbonyl (C=O) groups excluding carboxylic acids is 1. The molecule has 1 aliphatic rings. The summed E-state index contributed by atoms with van der Waals surface area (Å²) >= 11 is 0.